The number of nitrogen functional groups attached to an aromatic ring is 1. The predicted molar refractivity (Wildman–Crippen MR) is 126 cm³/mol. The highest BCUT2D eigenvalue weighted by Crippen LogP contribution is 2.49. The van der Waals surface area contributed by atoms with E-state index >= 15 is 0 Å². The summed E-state index contributed by atoms with van der Waals surface area (Å²) >= 11 is 6.29. The number of nitriles is 1. The molecule has 35 heavy (non-hydrogen) atoms. The first-order valence-corrected chi connectivity index (χ1v) is 12.2. The quantitative estimate of drug-likeness (QED) is 0.576. The van der Waals surface area contributed by atoms with Gasteiger partial charge in [-0.25, -0.2) is 18.3 Å². The fourth-order valence-electron chi connectivity index (χ4n) is 5.45. The van der Waals surface area contributed by atoms with E-state index in [4.69, 9.17) is 23.1 Å². The molecule has 3 heterocycles. The third kappa shape index (κ3) is 4.55. The lowest BCUT2D eigenvalue weighted by molar-refractivity contribution is -0.167. The van der Waals surface area contributed by atoms with Crippen LogP contribution in [0.3, 0.4) is 0 Å². The smallest absolute Gasteiger partial charge is 0.252 e. The normalized spacial score (nSPS) is 23.9. The third-order valence-electron chi connectivity index (χ3n) is 7.50. The molecule has 190 valence electrons. The van der Waals surface area contributed by atoms with Gasteiger partial charge in [0.25, 0.3) is 5.92 Å². The molecular formula is C23H30ClF2N7O2. The van der Waals surface area contributed by atoms with E-state index in [0.717, 1.165) is 25.0 Å². The number of β-amino-alcohol motifs (C(OH)–C–C–N with tert-alkyl or cyclic N) is 1. The summed E-state index contributed by atoms with van der Waals surface area (Å²) in [6.07, 6.45) is 5.47. The fraction of sp³-hybridized carbons (Fsp3) is 0.652. The second-order valence-corrected chi connectivity index (χ2v) is 10.3. The molecule has 5 rings (SSSR count). The number of halogens is 3. The van der Waals surface area contributed by atoms with Gasteiger partial charge in [0.15, 0.2) is 0 Å². The Morgan fingerprint density at radius 1 is 1.37 bits per heavy atom. The summed E-state index contributed by atoms with van der Waals surface area (Å²) in [5.41, 5.74) is 12.0. The van der Waals surface area contributed by atoms with Gasteiger partial charge in [0, 0.05) is 31.3 Å². The molecule has 2 saturated carbocycles. The monoisotopic (exact) mass is 509 g/mol. The van der Waals surface area contributed by atoms with Crippen molar-refractivity contribution in [3.05, 3.63) is 22.5 Å². The van der Waals surface area contributed by atoms with Gasteiger partial charge in [-0.15, -0.1) is 5.10 Å². The van der Waals surface area contributed by atoms with Gasteiger partial charge in [-0.05, 0) is 32.1 Å². The molecule has 1 saturated heterocycles. The van der Waals surface area contributed by atoms with Crippen LogP contribution in [-0.4, -0.2) is 61.2 Å². The maximum atomic E-state index is 12.7. The maximum absolute atomic E-state index is 12.7. The Hall–Kier alpha value is -2.55. The van der Waals surface area contributed by atoms with Crippen LogP contribution in [0.15, 0.2) is 6.20 Å². The van der Waals surface area contributed by atoms with Crippen LogP contribution in [0.4, 0.5) is 14.7 Å². The van der Waals surface area contributed by atoms with Crippen LogP contribution in [0.1, 0.15) is 69.5 Å². The molecular weight excluding hydrogens is 480 g/mol. The van der Waals surface area contributed by atoms with Crippen LogP contribution in [-0.2, 0) is 10.2 Å². The second kappa shape index (κ2) is 9.15. The molecule has 3 aliphatic rings. The van der Waals surface area contributed by atoms with Gasteiger partial charge in [0.2, 0.25) is 11.9 Å². The van der Waals surface area contributed by atoms with E-state index in [1.165, 1.54) is 11.3 Å². The molecule has 0 radical (unpaired) electrons. The van der Waals surface area contributed by atoms with Crippen molar-refractivity contribution in [3.63, 3.8) is 0 Å². The Bertz CT molecular complexity index is 1160. The number of nitrogens with zero attached hydrogens (tertiary/aromatic N) is 5. The van der Waals surface area contributed by atoms with Crippen LogP contribution in [0.5, 0.6) is 0 Å². The van der Waals surface area contributed by atoms with Crippen molar-refractivity contribution in [2.75, 3.05) is 18.8 Å². The van der Waals surface area contributed by atoms with Crippen LogP contribution in [0.25, 0.3) is 5.52 Å². The zero-order valence-electron chi connectivity index (χ0n) is 19.6. The third-order valence-corrected chi connectivity index (χ3v) is 7.88. The van der Waals surface area contributed by atoms with Gasteiger partial charge in [0.05, 0.1) is 28.6 Å². The molecule has 1 atom stereocenters. The number of carbonyl (C=O) groups excluding carboxylic acids is 1. The summed E-state index contributed by atoms with van der Waals surface area (Å²) in [6, 6.07) is 2.22. The van der Waals surface area contributed by atoms with Crippen LogP contribution in [0.2, 0.25) is 5.02 Å². The SMILES string of the molecule is CCC1(c2c(C#N)c(Cl)c3cnc(N)nn23)CCC1.NC1(C(=O)N2CCCC(O)C2)CC(F)(F)C1. The summed E-state index contributed by atoms with van der Waals surface area (Å²) in [6.45, 7) is 2.85. The van der Waals surface area contributed by atoms with Crippen molar-refractivity contribution in [2.24, 2.45) is 5.73 Å². The van der Waals surface area contributed by atoms with E-state index in [0.29, 0.717) is 35.5 Å². The molecule has 2 aromatic rings. The summed E-state index contributed by atoms with van der Waals surface area (Å²) in [7, 11) is 0. The number of anilines is 1. The highest BCUT2D eigenvalue weighted by atomic mass is 35.5. The van der Waals surface area contributed by atoms with Crippen LogP contribution in [0, 0.1) is 11.3 Å². The summed E-state index contributed by atoms with van der Waals surface area (Å²) in [5, 5.41) is 23.5. The number of aromatic nitrogens is 3. The predicted octanol–water partition coefficient (Wildman–Crippen LogP) is 2.76. The number of hydrogen-bond donors (Lipinski definition) is 3. The minimum absolute atomic E-state index is 0.00190. The van der Waals surface area contributed by atoms with Gasteiger partial charge in [-0.3, -0.25) is 4.79 Å². The van der Waals surface area contributed by atoms with E-state index in [-0.39, 0.29) is 17.9 Å². The molecule has 1 aliphatic heterocycles. The van der Waals surface area contributed by atoms with E-state index in [1.807, 2.05) is 0 Å². The fourth-order valence-corrected chi connectivity index (χ4v) is 5.71. The molecule has 2 aliphatic carbocycles. The second-order valence-electron chi connectivity index (χ2n) is 9.96. The van der Waals surface area contributed by atoms with Crippen molar-refractivity contribution in [2.45, 2.75) is 81.3 Å². The Kier molecular flexibility index (Phi) is 6.68. The van der Waals surface area contributed by atoms with Crippen molar-refractivity contribution in [1.82, 2.24) is 19.5 Å². The zero-order chi connectivity index (χ0) is 25.6. The van der Waals surface area contributed by atoms with Crippen LogP contribution < -0.4 is 11.5 Å². The molecule has 5 N–H and O–H groups in total. The number of alkyl halides is 2. The van der Waals surface area contributed by atoms with E-state index in [2.05, 4.69) is 23.1 Å². The van der Waals surface area contributed by atoms with Crippen molar-refractivity contribution < 1.29 is 18.7 Å². The molecule has 0 bridgehead atoms. The number of piperidine rings is 1. The molecule has 9 nitrogen and oxygen atoms in total. The lowest BCUT2D eigenvalue weighted by Crippen LogP contribution is -2.67. The van der Waals surface area contributed by atoms with Crippen molar-refractivity contribution >= 4 is 29.0 Å². The average molecular weight is 510 g/mol. The highest BCUT2D eigenvalue weighted by molar-refractivity contribution is 6.35. The van der Waals surface area contributed by atoms with E-state index in [9.17, 15) is 23.9 Å². The number of hydrogen-bond acceptors (Lipinski definition) is 7. The minimum Gasteiger partial charge on any atom is -0.391 e. The first kappa shape index (κ1) is 25.5. The first-order valence-electron chi connectivity index (χ1n) is 11.8. The zero-order valence-corrected chi connectivity index (χ0v) is 20.4. The molecule has 3 fully saturated rings. The van der Waals surface area contributed by atoms with Crippen molar-refractivity contribution in [1.29, 1.82) is 5.26 Å². The maximum Gasteiger partial charge on any atom is 0.252 e. The number of carbonyl (C=O) groups is 1. The Labute approximate surface area is 207 Å². The molecule has 2 aromatic heterocycles. The summed E-state index contributed by atoms with van der Waals surface area (Å²) in [4.78, 5) is 17.3. The number of fused-ring (bicyclic) bond motifs is 1. The lowest BCUT2D eigenvalue weighted by atomic mass is 9.64. The number of nitrogens with two attached hydrogens (primary N) is 2. The topological polar surface area (TPSA) is 147 Å². The first-order chi connectivity index (χ1) is 16.5. The van der Waals surface area contributed by atoms with Gasteiger partial charge in [-0.2, -0.15) is 5.26 Å². The Morgan fingerprint density at radius 3 is 2.57 bits per heavy atom. The Balaban J connectivity index is 0.000000168. The van der Waals surface area contributed by atoms with Crippen molar-refractivity contribution in [3.8, 4) is 6.07 Å². The number of rotatable bonds is 3. The molecule has 0 aromatic carbocycles. The average Bonchev–Trinajstić information content (AvgIpc) is 3.03. The summed E-state index contributed by atoms with van der Waals surface area (Å²) in [5.74, 6) is -3.06. The van der Waals surface area contributed by atoms with Crippen LogP contribution >= 0.6 is 11.6 Å². The lowest BCUT2D eigenvalue weighted by Gasteiger charge is -2.46. The van der Waals surface area contributed by atoms with Gasteiger partial charge < -0.3 is 21.5 Å². The number of amides is 1. The van der Waals surface area contributed by atoms with E-state index in [1.54, 1.807) is 10.7 Å². The Morgan fingerprint density at radius 2 is 2.06 bits per heavy atom. The number of aliphatic hydroxyl groups is 1. The molecule has 1 amide bonds. The summed E-state index contributed by atoms with van der Waals surface area (Å²) < 4.78 is 27.2. The molecule has 12 heteroatoms. The highest BCUT2D eigenvalue weighted by Gasteiger charge is 2.59. The number of likely N-dealkylation sites (tertiary alicyclic amines) is 1. The van der Waals surface area contributed by atoms with Gasteiger partial charge in [0.1, 0.15) is 17.1 Å². The van der Waals surface area contributed by atoms with E-state index < -0.39 is 36.3 Å². The molecule has 0 spiro atoms. The molecule has 1 unspecified atom stereocenters. The largest absolute Gasteiger partial charge is 0.391 e. The van der Waals surface area contributed by atoms with Gasteiger partial charge in [-0.1, -0.05) is 24.9 Å². The minimum atomic E-state index is -2.81. The van der Waals surface area contributed by atoms with Gasteiger partial charge >= 0.3 is 0 Å². The number of aliphatic hydroxyl groups excluding tert-OH is 1. The standard InChI is InChI=1S/C13H14ClN5.C10H16F2N2O2/c1-2-13(4-3-5-13)11-8(6-15)10(14)9-7-17-12(16)18-19(9)11;11-10(12)5-9(13,6-10)8(16)14-3-1-2-7(15)4-14/h7H,2-5H2,1H3,(H2,16,18);7,15H,1-6,13H2.